The molecule has 0 saturated carbocycles. The number of carbonyl (C=O) groups is 1. The molecular weight excluding hydrogens is 371 g/mol. The van der Waals surface area contributed by atoms with E-state index in [4.69, 9.17) is 27.9 Å². The van der Waals surface area contributed by atoms with Gasteiger partial charge < -0.3 is 15.0 Å². The van der Waals surface area contributed by atoms with Gasteiger partial charge >= 0.3 is 0 Å². The number of benzene rings is 1. The van der Waals surface area contributed by atoms with Gasteiger partial charge in [-0.25, -0.2) is 0 Å². The van der Waals surface area contributed by atoms with Crippen LogP contribution in [0.15, 0.2) is 42.0 Å². The summed E-state index contributed by atoms with van der Waals surface area (Å²) in [6.07, 6.45) is 7.26. The first-order chi connectivity index (χ1) is 12.2. The van der Waals surface area contributed by atoms with Crippen LogP contribution in [0.2, 0.25) is 10.0 Å². The first-order valence-corrected chi connectivity index (χ1v) is 9.46. The van der Waals surface area contributed by atoms with Crippen molar-refractivity contribution < 1.29 is 9.53 Å². The molecule has 1 aliphatic rings. The van der Waals surface area contributed by atoms with Gasteiger partial charge in [-0.1, -0.05) is 48.4 Å². The number of hydrogen-bond donors (Lipinski definition) is 1. The van der Waals surface area contributed by atoms with Crippen molar-refractivity contribution in [3.05, 3.63) is 52.0 Å². The third-order valence-electron chi connectivity index (χ3n) is 4.75. The number of halogens is 2. The Kier molecular flexibility index (Phi) is 7.16. The molecule has 2 unspecified atom stereocenters. The summed E-state index contributed by atoms with van der Waals surface area (Å²) in [6.45, 7) is 4.57. The lowest BCUT2D eigenvalue weighted by molar-refractivity contribution is -0.127. The smallest absolute Gasteiger partial charge is 0.261 e. The standard InChI is InChI=1S/C20H26Cl2N2O2/c1-5-17(26-18-7-6-15(21)12-16(18)22)19(25)23-13-14-8-10-20(2,11-9-14)24(3)4/h6-10,12,17H,5,11,13H2,1-4H3,(H,23,25). The van der Waals surface area contributed by atoms with E-state index in [-0.39, 0.29) is 11.4 Å². The van der Waals surface area contributed by atoms with Crippen molar-refractivity contribution in [2.75, 3.05) is 20.6 Å². The van der Waals surface area contributed by atoms with Crippen LogP contribution in [-0.4, -0.2) is 43.1 Å². The quantitative estimate of drug-likeness (QED) is 0.738. The molecule has 0 fully saturated rings. The molecule has 6 heteroatoms. The van der Waals surface area contributed by atoms with Crippen LogP contribution in [0.1, 0.15) is 26.7 Å². The fourth-order valence-corrected chi connectivity index (χ4v) is 3.03. The van der Waals surface area contributed by atoms with Crippen LogP contribution < -0.4 is 10.1 Å². The van der Waals surface area contributed by atoms with Crippen molar-refractivity contribution in [1.29, 1.82) is 0 Å². The predicted octanol–water partition coefficient (Wildman–Crippen LogP) is 4.47. The molecule has 0 aromatic heterocycles. The molecule has 4 nitrogen and oxygen atoms in total. The average Bonchev–Trinajstić information content (AvgIpc) is 2.60. The van der Waals surface area contributed by atoms with Gasteiger partial charge in [-0.2, -0.15) is 0 Å². The summed E-state index contributed by atoms with van der Waals surface area (Å²) in [6, 6.07) is 4.96. The van der Waals surface area contributed by atoms with Gasteiger partial charge in [-0.05, 0) is 57.6 Å². The Labute approximate surface area is 165 Å². The lowest BCUT2D eigenvalue weighted by Gasteiger charge is -2.35. The summed E-state index contributed by atoms with van der Waals surface area (Å²) >= 11 is 12.0. The Morgan fingerprint density at radius 1 is 1.38 bits per heavy atom. The highest BCUT2D eigenvalue weighted by Gasteiger charge is 2.25. The third kappa shape index (κ3) is 5.26. The fraction of sp³-hybridized carbons (Fsp3) is 0.450. The Bertz CT molecular complexity index is 716. The van der Waals surface area contributed by atoms with Crippen LogP contribution in [0.3, 0.4) is 0 Å². The van der Waals surface area contributed by atoms with Crippen LogP contribution in [0.5, 0.6) is 5.75 Å². The van der Waals surface area contributed by atoms with Gasteiger partial charge in [0.15, 0.2) is 6.10 Å². The van der Waals surface area contributed by atoms with Crippen LogP contribution in [0, 0.1) is 0 Å². The van der Waals surface area contributed by atoms with Gasteiger partial charge in [0.2, 0.25) is 0 Å². The SMILES string of the molecule is CCC(Oc1ccc(Cl)cc1Cl)C(=O)NCC1=CCC(C)(N(C)C)C=C1. The number of carbonyl (C=O) groups excluding carboxylic acids is 1. The maximum absolute atomic E-state index is 12.5. The molecule has 26 heavy (non-hydrogen) atoms. The minimum atomic E-state index is -0.603. The number of hydrogen-bond acceptors (Lipinski definition) is 3. The highest BCUT2D eigenvalue weighted by Crippen LogP contribution is 2.29. The second kappa shape index (κ2) is 8.94. The average molecular weight is 397 g/mol. The van der Waals surface area contributed by atoms with Crippen molar-refractivity contribution >= 4 is 29.1 Å². The second-order valence-electron chi connectivity index (χ2n) is 6.88. The van der Waals surface area contributed by atoms with Crippen LogP contribution in [-0.2, 0) is 4.79 Å². The summed E-state index contributed by atoms with van der Waals surface area (Å²) < 4.78 is 5.77. The number of ether oxygens (including phenoxy) is 1. The van der Waals surface area contributed by atoms with Crippen molar-refractivity contribution in [3.8, 4) is 5.75 Å². The summed E-state index contributed by atoms with van der Waals surface area (Å²) in [5, 5.41) is 3.87. The van der Waals surface area contributed by atoms with Gasteiger partial charge in [0, 0.05) is 17.1 Å². The summed E-state index contributed by atoms with van der Waals surface area (Å²) in [5.74, 6) is 0.297. The van der Waals surface area contributed by atoms with E-state index in [1.54, 1.807) is 18.2 Å². The third-order valence-corrected chi connectivity index (χ3v) is 5.28. The molecule has 0 heterocycles. The maximum Gasteiger partial charge on any atom is 0.261 e. The van der Waals surface area contributed by atoms with E-state index in [1.807, 2.05) is 6.92 Å². The normalized spacial score (nSPS) is 20.7. The number of nitrogens with zero attached hydrogens (tertiary/aromatic N) is 1. The molecule has 0 aliphatic heterocycles. The molecule has 0 bridgehead atoms. The predicted molar refractivity (Wildman–Crippen MR) is 108 cm³/mol. The van der Waals surface area contributed by atoms with Crippen molar-refractivity contribution in [1.82, 2.24) is 10.2 Å². The van der Waals surface area contributed by atoms with Crippen LogP contribution in [0.25, 0.3) is 0 Å². The zero-order valence-electron chi connectivity index (χ0n) is 15.7. The van der Waals surface area contributed by atoms with Gasteiger partial charge in [-0.15, -0.1) is 0 Å². The number of amides is 1. The van der Waals surface area contributed by atoms with E-state index in [2.05, 4.69) is 49.5 Å². The molecule has 0 saturated heterocycles. The lowest BCUT2D eigenvalue weighted by atomic mass is 9.89. The topological polar surface area (TPSA) is 41.6 Å². The van der Waals surface area contributed by atoms with Gasteiger partial charge in [-0.3, -0.25) is 4.79 Å². The largest absolute Gasteiger partial charge is 0.479 e. The monoisotopic (exact) mass is 396 g/mol. The van der Waals surface area contributed by atoms with Crippen LogP contribution >= 0.6 is 23.2 Å². The second-order valence-corrected chi connectivity index (χ2v) is 7.72. The molecule has 1 amide bonds. The number of rotatable bonds is 7. The van der Waals surface area contributed by atoms with E-state index < -0.39 is 6.10 Å². The molecule has 1 aromatic carbocycles. The summed E-state index contributed by atoms with van der Waals surface area (Å²) in [4.78, 5) is 14.7. The minimum Gasteiger partial charge on any atom is -0.479 e. The molecule has 2 rings (SSSR count). The molecule has 1 N–H and O–H groups in total. The summed E-state index contributed by atoms with van der Waals surface area (Å²) in [7, 11) is 4.13. The molecule has 1 aliphatic carbocycles. The van der Waals surface area contributed by atoms with E-state index in [1.165, 1.54) is 0 Å². The summed E-state index contributed by atoms with van der Waals surface area (Å²) in [5.41, 5.74) is 1.12. The van der Waals surface area contributed by atoms with E-state index >= 15 is 0 Å². The van der Waals surface area contributed by atoms with Crippen molar-refractivity contribution in [2.45, 2.75) is 38.3 Å². The maximum atomic E-state index is 12.5. The molecule has 2 atom stereocenters. The first kappa shape index (κ1) is 20.8. The number of likely N-dealkylation sites (N-methyl/N-ethyl adjacent to an activating group) is 1. The molecule has 0 spiro atoms. The highest BCUT2D eigenvalue weighted by molar-refractivity contribution is 6.35. The molecule has 142 valence electrons. The van der Waals surface area contributed by atoms with Gasteiger partial charge in [0.1, 0.15) is 5.75 Å². The first-order valence-electron chi connectivity index (χ1n) is 8.70. The Hall–Kier alpha value is -1.49. The zero-order valence-corrected chi connectivity index (χ0v) is 17.2. The fourth-order valence-electron chi connectivity index (χ4n) is 2.57. The van der Waals surface area contributed by atoms with Crippen molar-refractivity contribution in [3.63, 3.8) is 0 Å². The molecular formula is C20H26Cl2N2O2. The Morgan fingerprint density at radius 3 is 2.65 bits per heavy atom. The van der Waals surface area contributed by atoms with E-state index in [9.17, 15) is 4.79 Å². The number of nitrogens with one attached hydrogen (secondary N) is 1. The van der Waals surface area contributed by atoms with Crippen LogP contribution in [0.4, 0.5) is 0 Å². The van der Waals surface area contributed by atoms with Gasteiger partial charge in [0.05, 0.1) is 5.02 Å². The van der Waals surface area contributed by atoms with E-state index in [0.717, 1.165) is 12.0 Å². The highest BCUT2D eigenvalue weighted by atomic mass is 35.5. The van der Waals surface area contributed by atoms with E-state index in [0.29, 0.717) is 28.8 Å². The Morgan fingerprint density at radius 2 is 2.12 bits per heavy atom. The molecule has 0 radical (unpaired) electrons. The minimum absolute atomic E-state index is 0.0217. The lowest BCUT2D eigenvalue weighted by Crippen LogP contribution is -2.41. The van der Waals surface area contributed by atoms with Gasteiger partial charge in [0.25, 0.3) is 5.91 Å². The zero-order chi connectivity index (χ0) is 19.3. The molecule has 1 aromatic rings. The van der Waals surface area contributed by atoms with Crippen molar-refractivity contribution in [2.24, 2.45) is 0 Å². The Balaban J connectivity index is 1.92.